The molecule has 0 saturated heterocycles. The van der Waals surface area contributed by atoms with Gasteiger partial charge in [0.15, 0.2) is 0 Å². The molecule has 4 heteroatoms. The van der Waals surface area contributed by atoms with Crippen LogP contribution in [0.3, 0.4) is 0 Å². The number of nitrogens with zero attached hydrogens (tertiary/aromatic N) is 4. The second kappa shape index (κ2) is 5.78. The predicted molar refractivity (Wildman–Crippen MR) is 76.4 cm³/mol. The van der Waals surface area contributed by atoms with Crippen molar-refractivity contribution in [2.75, 3.05) is 19.0 Å². The molecule has 0 aliphatic heterocycles. The lowest BCUT2D eigenvalue weighted by molar-refractivity contribution is 1.03. The van der Waals surface area contributed by atoms with Crippen molar-refractivity contribution in [3.63, 3.8) is 0 Å². The highest BCUT2D eigenvalue weighted by Gasteiger charge is 1.98. The highest BCUT2D eigenvalue weighted by atomic mass is 15.1. The molecule has 0 spiro atoms. The van der Waals surface area contributed by atoms with Gasteiger partial charge in [0.2, 0.25) is 0 Å². The van der Waals surface area contributed by atoms with Gasteiger partial charge in [-0.3, -0.25) is 0 Å². The fourth-order valence-corrected chi connectivity index (χ4v) is 1.59. The summed E-state index contributed by atoms with van der Waals surface area (Å²) in [5, 5.41) is 8.84. The molecule has 0 unspecified atom stereocenters. The Morgan fingerprint density at radius 3 is 2.74 bits per heavy atom. The van der Waals surface area contributed by atoms with Crippen molar-refractivity contribution < 1.29 is 0 Å². The van der Waals surface area contributed by atoms with E-state index >= 15 is 0 Å². The maximum atomic E-state index is 8.84. The fraction of sp³-hybridized carbons (Fsp3) is 0.133. The molecule has 0 radical (unpaired) electrons. The molecule has 94 valence electrons. The second-order valence-corrected chi connectivity index (χ2v) is 4.27. The van der Waals surface area contributed by atoms with E-state index in [1.54, 1.807) is 12.4 Å². The van der Waals surface area contributed by atoms with Gasteiger partial charge in [-0.25, -0.2) is 9.97 Å². The first-order valence-corrected chi connectivity index (χ1v) is 5.86. The molecule has 4 nitrogen and oxygen atoms in total. The van der Waals surface area contributed by atoms with Crippen LogP contribution in [0.1, 0.15) is 16.8 Å². The van der Waals surface area contributed by atoms with Crippen molar-refractivity contribution in [1.29, 1.82) is 5.26 Å². The zero-order valence-electron chi connectivity index (χ0n) is 10.9. The topological polar surface area (TPSA) is 52.8 Å². The number of benzene rings is 1. The van der Waals surface area contributed by atoms with E-state index in [2.05, 4.69) is 16.0 Å². The van der Waals surface area contributed by atoms with Gasteiger partial charge >= 0.3 is 0 Å². The average molecular weight is 250 g/mol. The van der Waals surface area contributed by atoms with Gasteiger partial charge in [-0.05, 0) is 23.8 Å². The molecular weight excluding hydrogens is 236 g/mol. The summed E-state index contributed by atoms with van der Waals surface area (Å²) in [5.41, 5.74) is 2.46. The van der Waals surface area contributed by atoms with Crippen LogP contribution in [0.25, 0.3) is 12.2 Å². The molecule has 0 atom stereocenters. The lowest BCUT2D eigenvalue weighted by Crippen LogP contribution is -2.10. The minimum Gasteiger partial charge on any atom is -0.363 e. The Morgan fingerprint density at radius 1 is 1.16 bits per heavy atom. The molecule has 0 aliphatic rings. The van der Waals surface area contributed by atoms with Gasteiger partial charge < -0.3 is 4.90 Å². The van der Waals surface area contributed by atoms with Crippen molar-refractivity contribution in [2.24, 2.45) is 0 Å². The minimum absolute atomic E-state index is 0.652. The Morgan fingerprint density at radius 2 is 2.00 bits per heavy atom. The minimum atomic E-state index is 0.652. The van der Waals surface area contributed by atoms with E-state index in [-0.39, 0.29) is 0 Å². The third-order valence-corrected chi connectivity index (χ3v) is 2.59. The maximum absolute atomic E-state index is 8.84. The van der Waals surface area contributed by atoms with Crippen molar-refractivity contribution in [3.05, 3.63) is 53.5 Å². The second-order valence-electron chi connectivity index (χ2n) is 4.27. The molecule has 19 heavy (non-hydrogen) atoms. The number of aromatic nitrogens is 2. The van der Waals surface area contributed by atoms with Gasteiger partial charge in [-0.1, -0.05) is 18.2 Å². The summed E-state index contributed by atoms with van der Waals surface area (Å²) in [5.74, 6) is 0.862. The Labute approximate surface area is 112 Å². The number of hydrogen-bond acceptors (Lipinski definition) is 4. The zero-order valence-corrected chi connectivity index (χ0v) is 10.9. The summed E-state index contributed by atoms with van der Waals surface area (Å²) < 4.78 is 0. The summed E-state index contributed by atoms with van der Waals surface area (Å²) >= 11 is 0. The van der Waals surface area contributed by atoms with Crippen LogP contribution in [0, 0.1) is 11.3 Å². The number of hydrogen-bond donors (Lipinski definition) is 0. The largest absolute Gasteiger partial charge is 0.363 e. The molecule has 1 aromatic carbocycles. The molecule has 0 fully saturated rings. The molecule has 2 rings (SSSR count). The van der Waals surface area contributed by atoms with E-state index in [0.29, 0.717) is 5.56 Å². The molecule has 0 bridgehead atoms. The van der Waals surface area contributed by atoms with Crippen molar-refractivity contribution in [2.45, 2.75) is 0 Å². The van der Waals surface area contributed by atoms with Crippen LogP contribution in [-0.4, -0.2) is 24.1 Å². The molecule has 0 amide bonds. The predicted octanol–water partition coefficient (Wildman–Crippen LogP) is 2.58. The van der Waals surface area contributed by atoms with Crippen LogP contribution in [0.4, 0.5) is 5.82 Å². The molecule has 1 heterocycles. The van der Waals surface area contributed by atoms with Gasteiger partial charge in [0, 0.05) is 20.2 Å². The van der Waals surface area contributed by atoms with E-state index in [1.165, 1.54) is 0 Å². The van der Waals surface area contributed by atoms with Crippen LogP contribution in [0.2, 0.25) is 0 Å². The molecule has 2 aromatic rings. The van der Waals surface area contributed by atoms with Crippen molar-refractivity contribution in [1.82, 2.24) is 9.97 Å². The molecule has 0 aliphatic carbocycles. The summed E-state index contributed by atoms with van der Waals surface area (Å²) in [6.07, 6.45) is 5.38. The SMILES string of the molecule is CN(C)c1cc(/C=C/c2cccc(C#N)c2)ncn1. The Kier molecular flexibility index (Phi) is 3.89. The van der Waals surface area contributed by atoms with E-state index in [1.807, 2.05) is 55.4 Å². The quantitative estimate of drug-likeness (QED) is 0.840. The monoisotopic (exact) mass is 250 g/mol. The average Bonchev–Trinajstić information content (AvgIpc) is 2.45. The van der Waals surface area contributed by atoms with E-state index in [4.69, 9.17) is 5.26 Å². The first kappa shape index (κ1) is 12.8. The fourth-order valence-electron chi connectivity index (χ4n) is 1.59. The Hall–Kier alpha value is -2.67. The van der Waals surface area contributed by atoms with E-state index in [9.17, 15) is 0 Å². The molecule has 0 saturated carbocycles. The van der Waals surface area contributed by atoms with Crippen LogP contribution in [0.15, 0.2) is 36.7 Å². The van der Waals surface area contributed by atoms with Gasteiger partial charge in [0.25, 0.3) is 0 Å². The summed E-state index contributed by atoms with van der Waals surface area (Å²) in [6, 6.07) is 11.5. The first-order chi connectivity index (χ1) is 9.19. The molecule has 0 N–H and O–H groups in total. The van der Waals surface area contributed by atoms with Crippen molar-refractivity contribution >= 4 is 18.0 Å². The van der Waals surface area contributed by atoms with Gasteiger partial charge in [-0.2, -0.15) is 5.26 Å². The van der Waals surface area contributed by atoms with Crippen LogP contribution in [0.5, 0.6) is 0 Å². The highest BCUT2D eigenvalue weighted by molar-refractivity contribution is 5.69. The number of nitriles is 1. The van der Waals surface area contributed by atoms with Gasteiger partial charge in [0.1, 0.15) is 12.1 Å². The van der Waals surface area contributed by atoms with E-state index < -0.39 is 0 Å². The Balaban J connectivity index is 2.22. The van der Waals surface area contributed by atoms with E-state index in [0.717, 1.165) is 17.1 Å². The van der Waals surface area contributed by atoms with Gasteiger partial charge in [-0.15, -0.1) is 0 Å². The maximum Gasteiger partial charge on any atom is 0.132 e. The normalized spacial score (nSPS) is 10.4. The summed E-state index contributed by atoms with van der Waals surface area (Å²) in [4.78, 5) is 10.3. The third-order valence-electron chi connectivity index (χ3n) is 2.59. The molecular formula is C15H14N4. The summed E-state index contributed by atoms with van der Waals surface area (Å²) in [6.45, 7) is 0. The van der Waals surface area contributed by atoms with Crippen LogP contribution < -0.4 is 4.90 Å². The van der Waals surface area contributed by atoms with Crippen LogP contribution in [-0.2, 0) is 0 Å². The van der Waals surface area contributed by atoms with Crippen molar-refractivity contribution in [3.8, 4) is 6.07 Å². The standard InChI is InChI=1S/C15H14N4/c1-19(2)15-9-14(17-11-18-15)7-6-12-4-3-5-13(8-12)10-16/h3-9,11H,1-2H3/b7-6+. The smallest absolute Gasteiger partial charge is 0.132 e. The zero-order chi connectivity index (χ0) is 13.7. The van der Waals surface area contributed by atoms with Crippen LogP contribution >= 0.6 is 0 Å². The summed E-state index contributed by atoms with van der Waals surface area (Å²) in [7, 11) is 3.87. The highest BCUT2D eigenvalue weighted by Crippen LogP contribution is 2.11. The number of anilines is 1. The lowest BCUT2D eigenvalue weighted by atomic mass is 10.1. The lowest BCUT2D eigenvalue weighted by Gasteiger charge is -2.10. The third kappa shape index (κ3) is 3.39. The Bertz CT molecular complexity index is 639. The first-order valence-electron chi connectivity index (χ1n) is 5.86. The number of rotatable bonds is 3. The van der Waals surface area contributed by atoms with Gasteiger partial charge in [0.05, 0.1) is 17.3 Å². The molecule has 1 aromatic heterocycles.